The second-order valence-corrected chi connectivity index (χ2v) is 7.17. The highest BCUT2D eigenvalue weighted by Crippen LogP contribution is 2.31. The Hall–Kier alpha value is -1.69. The van der Waals surface area contributed by atoms with Crippen molar-refractivity contribution in [3.63, 3.8) is 0 Å². The fourth-order valence-electron chi connectivity index (χ4n) is 3.01. The molecule has 1 N–H and O–H groups in total. The van der Waals surface area contributed by atoms with Crippen LogP contribution in [0.15, 0.2) is 24.0 Å². The molecule has 2 fully saturated rings. The van der Waals surface area contributed by atoms with Crippen LogP contribution in [-0.2, 0) is 0 Å². The molecule has 6 heteroatoms. The highest BCUT2D eigenvalue weighted by atomic mass is 32.1. The summed E-state index contributed by atoms with van der Waals surface area (Å²) in [5.41, 5.74) is 0. The lowest BCUT2D eigenvalue weighted by molar-refractivity contribution is 0.505. The summed E-state index contributed by atoms with van der Waals surface area (Å²) in [6.45, 7) is 3.12. The number of piperidine rings is 1. The standard InChI is InChI=1S/C16H21N5S/c1-2-13(16-17-5-7-22-16)10-21(6-1)15-8-14(19-11-20-15)18-9-12-3-4-12/h5,7-8,11-13H,1-4,6,9-10H2,(H,18,19,20). The van der Waals surface area contributed by atoms with Crippen LogP contribution < -0.4 is 10.2 Å². The van der Waals surface area contributed by atoms with Gasteiger partial charge in [-0.1, -0.05) is 0 Å². The average molecular weight is 315 g/mol. The average Bonchev–Trinajstić information content (AvgIpc) is 3.24. The Balaban J connectivity index is 1.44. The number of hydrogen-bond acceptors (Lipinski definition) is 6. The lowest BCUT2D eigenvalue weighted by atomic mass is 9.99. The predicted molar refractivity (Wildman–Crippen MR) is 89.5 cm³/mol. The smallest absolute Gasteiger partial charge is 0.134 e. The van der Waals surface area contributed by atoms with Gasteiger partial charge in [0.2, 0.25) is 0 Å². The first kappa shape index (κ1) is 13.9. The quantitative estimate of drug-likeness (QED) is 0.918. The van der Waals surface area contributed by atoms with Crippen molar-refractivity contribution >= 4 is 23.0 Å². The van der Waals surface area contributed by atoms with Crippen molar-refractivity contribution < 1.29 is 0 Å². The summed E-state index contributed by atoms with van der Waals surface area (Å²) in [7, 11) is 0. The molecule has 0 amide bonds. The van der Waals surface area contributed by atoms with Gasteiger partial charge in [-0.2, -0.15) is 0 Å². The maximum absolute atomic E-state index is 4.49. The van der Waals surface area contributed by atoms with Crippen molar-refractivity contribution in [3.05, 3.63) is 29.0 Å². The molecule has 1 saturated carbocycles. The molecule has 0 spiro atoms. The van der Waals surface area contributed by atoms with Crippen molar-refractivity contribution in [2.24, 2.45) is 5.92 Å². The first-order valence-electron chi connectivity index (χ1n) is 8.09. The first-order chi connectivity index (χ1) is 10.9. The predicted octanol–water partition coefficient (Wildman–Crippen LogP) is 3.14. The van der Waals surface area contributed by atoms with Crippen LogP contribution in [0.1, 0.15) is 36.6 Å². The summed E-state index contributed by atoms with van der Waals surface area (Å²) >= 11 is 1.77. The normalized spacial score (nSPS) is 21.8. The Labute approximate surface area is 134 Å². The lowest BCUT2D eigenvalue weighted by Gasteiger charge is -2.32. The van der Waals surface area contributed by atoms with E-state index in [9.17, 15) is 0 Å². The number of nitrogens with one attached hydrogen (secondary N) is 1. The minimum atomic E-state index is 0.534. The maximum Gasteiger partial charge on any atom is 0.134 e. The number of hydrogen-bond donors (Lipinski definition) is 1. The molecule has 1 unspecified atom stereocenters. The highest BCUT2D eigenvalue weighted by Gasteiger charge is 2.24. The molecule has 3 heterocycles. The second kappa shape index (κ2) is 6.20. The Morgan fingerprint density at radius 2 is 2.18 bits per heavy atom. The van der Waals surface area contributed by atoms with E-state index in [-0.39, 0.29) is 0 Å². The van der Waals surface area contributed by atoms with Crippen molar-refractivity contribution in [1.29, 1.82) is 0 Å². The summed E-state index contributed by atoms with van der Waals surface area (Å²) < 4.78 is 0. The van der Waals surface area contributed by atoms with Gasteiger partial charge in [-0.3, -0.25) is 0 Å². The third-order valence-corrected chi connectivity index (χ3v) is 5.41. The molecule has 1 aliphatic carbocycles. The van der Waals surface area contributed by atoms with Crippen LogP contribution in [0.25, 0.3) is 0 Å². The van der Waals surface area contributed by atoms with Gasteiger partial charge in [0.15, 0.2) is 0 Å². The van der Waals surface area contributed by atoms with Crippen LogP contribution in [0.2, 0.25) is 0 Å². The first-order valence-corrected chi connectivity index (χ1v) is 8.97. The van der Waals surface area contributed by atoms with Crippen LogP contribution >= 0.6 is 11.3 Å². The van der Waals surface area contributed by atoms with Gasteiger partial charge in [-0.15, -0.1) is 11.3 Å². The molecule has 0 aromatic carbocycles. The van der Waals surface area contributed by atoms with Crippen LogP contribution in [0.3, 0.4) is 0 Å². The molecule has 1 aliphatic heterocycles. The fourth-order valence-corrected chi connectivity index (χ4v) is 3.78. The van der Waals surface area contributed by atoms with Crippen LogP contribution in [0.5, 0.6) is 0 Å². The van der Waals surface area contributed by atoms with E-state index in [2.05, 4.69) is 36.6 Å². The Morgan fingerprint density at radius 1 is 1.23 bits per heavy atom. The summed E-state index contributed by atoms with van der Waals surface area (Å²) in [5, 5.41) is 6.76. The van der Waals surface area contributed by atoms with Crippen molar-refractivity contribution in [3.8, 4) is 0 Å². The van der Waals surface area contributed by atoms with E-state index in [0.29, 0.717) is 5.92 Å². The Morgan fingerprint density at radius 3 is 3.00 bits per heavy atom. The molecule has 0 radical (unpaired) electrons. The summed E-state index contributed by atoms with van der Waals surface area (Å²) in [6.07, 6.45) is 8.71. The van der Waals surface area contributed by atoms with Crippen molar-refractivity contribution in [2.45, 2.75) is 31.6 Å². The third-order valence-electron chi connectivity index (χ3n) is 4.47. The number of rotatable bonds is 5. The van der Waals surface area contributed by atoms with Crippen LogP contribution in [0, 0.1) is 5.92 Å². The largest absolute Gasteiger partial charge is 0.370 e. The van der Waals surface area contributed by atoms with Gasteiger partial charge in [0.1, 0.15) is 18.0 Å². The molecule has 4 rings (SSSR count). The van der Waals surface area contributed by atoms with Gasteiger partial charge in [0, 0.05) is 43.2 Å². The zero-order chi connectivity index (χ0) is 14.8. The summed E-state index contributed by atoms with van der Waals surface area (Å²) in [4.78, 5) is 15.7. The van der Waals surface area contributed by atoms with E-state index in [0.717, 1.165) is 37.2 Å². The van der Waals surface area contributed by atoms with Gasteiger partial charge in [0.25, 0.3) is 0 Å². The minimum absolute atomic E-state index is 0.534. The maximum atomic E-state index is 4.49. The van der Waals surface area contributed by atoms with Gasteiger partial charge in [0.05, 0.1) is 5.01 Å². The number of anilines is 2. The molecule has 22 heavy (non-hydrogen) atoms. The van der Waals surface area contributed by atoms with E-state index < -0.39 is 0 Å². The molecule has 2 aromatic rings. The Bertz CT molecular complexity index is 611. The van der Waals surface area contributed by atoms with Crippen molar-refractivity contribution in [1.82, 2.24) is 15.0 Å². The second-order valence-electron chi connectivity index (χ2n) is 6.24. The summed E-state index contributed by atoms with van der Waals surface area (Å²) in [6, 6.07) is 2.09. The molecule has 1 atom stereocenters. The van der Waals surface area contributed by atoms with E-state index in [1.807, 2.05) is 6.20 Å². The van der Waals surface area contributed by atoms with Crippen LogP contribution in [0.4, 0.5) is 11.6 Å². The minimum Gasteiger partial charge on any atom is -0.370 e. The zero-order valence-corrected chi connectivity index (χ0v) is 13.4. The fraction of sp³-hybridized carbons (Fsp3) is 0.562. The van der Waals surface area contributed by atoms with Crippen molar-refractivity contribution in [2.75, 3.05) is 29.9 Å². The molecular weight excluding hydrogens is 294 g/mol. The van der Waals surface area contributed by atoms with Gasteiger partial charge in [-0.25, -0.2) is 15.0 Å². The molecule has 2 aromatic heterocycles. The third kappa shape index (κ3) is 3.21. The van der Waals surface area contributed by atoms with Crippen LogP contribution in [-0.4, -0.2) is 34.6 Å². The van der Waals surface area contributed by atoms with Gasteiger partial charge >= 0.3 is 0 Å². The van der Waals surface area contributed by atoms with E-state index in [1.165, 1.54) is 30.7 Å². The molecule has 116 valence electrons. The van der Waals surface area contributed by atoms with E-state index in [4.69, 9.17) is 0 Å². The topological polar surface area (TPSA) is 53.9 Å². The highest BCUT2D eigenvalue weighted by molar-refractivity contribution is 7.09. The number of thiazole rings is 1. The molecule has 2 aliphatic rings. The number of aromatic nitrogens is 3. The molecule has 5 nitrogen and oxygen atoms in total. The lowest BCUT2D eigenvalue weighted by Crippen LogP contribution is -2.35. The number of nitrogens with zero attached hydrogens (tertiary/aromatic N) is 4. The van der Waals surface area contributed by atoms with E-state index in [1.54, 1.807) is 17.7 Å². The molecule has 0 bridgehead atoms. The SMILES string of the molecule is c1nc(NCC2CC2)cc(N2CCCC(c3nccs3)C2)n1. The van der Waals surface area contributed by atoms with Gasteiger partial charge < -0.3 is 10.2 Å². The monoisotopic (exact) mass is 315 g/mol. The van der Waals surface area contributed by atoms with E-state index >= 15 is 0 Å². The molecular formula is C16H21N5S. The summed E-state index contributed by atoms with van der Waals surface area (Å²) in [5.74, 6) is 3.37. The Kier molecular flexibility index (Phi) is 3.93. The van der Waals surface area contributed by atoms with Gasteiger partial charge in [-0.05, 0) is 31.6 Å². The molecule has 1 saturated heterocycles. The zero-order valence-electron chi connectivity index (χ0n) is 12.6.